The number of benzene rings is 1. The molecule has 0 atom stereocenters. The summed E-state index contributed by atoms with van der Waals surface area (Å²) in [6.45, 7) is 10.0. The van der Waals surface area contributed by atoms with Gasteiger partial charge in [0.15, 0.2) is 0 Å². The largest absolute Gasteiger partial charge is 0.368 e. The third-order valence-electron chi connectivity index (χ3n) is 3.82. The molecule has 0 aliphatic carbocycles. The zero-order chi connectivity index (χ0) is 16.2. The third-order valence-corrected chi connectivity index (χ3v) is 3.82. The van der Waals surface area contributed by atoms with Gasteiger partial charge in [-0.05, 0) is 45.0 Å². The maximum absolute atomic E-state index is 12.9. The Kier molecular flexibility index (Phi) is 5.40. The average molecular weight is 307 g/mol. The molecule has 0 aromatic heterocycles. The summed E-state index contributed by atoms with van der Waals surface area (Å²) in [6.07, 6.45) is 0.536. The van der Waals surface area contributed by atoms with Gasteiger partial charge in [-0.2, -0.15) is 0 Å². The molecule has 0 unspecified atom stereocenters. The lowest BCUT2D eigenvalue weighted by Gasteiger charge is -2.36. The van der Waals surface area contributed by atoms with Gasteiger partial charge in [0.05, 0.1) is 0 Å². The Balaban J connectivity index is 1.77. The van der Waals surface area contributed by atoms with Gasteiger partial charge < -0.3 is 15.1 Å². The smallest absolute Gasteiger partial charge is 0.223 e. The predicted molar refractivity (Wildman–Crippen MR) is 87.6 cm³/mol. The van der Waals surface area contributed by atoms with E-state index in [2.05, 4.69) is 31.0 Å². The Labute approximate surface area is 132 Å². The molecule has 1 fully saturated rings. The highest BCUT2D eigenvalue weighted by atomic mass is 19.1. The van der Waals surface area contributed by atoms with Crippen molar-refractivity contribution in [2.75, 3.05) is 37.6 Å². The molecular formula is C17H26FN3O. The van der Waals surface area contributed by atoms with Crippen molar-refractivity contribution < 1.29 is 9.18 Å². The van der Waals surface area contributed by atoms with Crippen LogP contribution in [0.25, 0.3) is 0 Å². The molecule has 1 N–H and O–H groups in total. The maximum Gasteiger partial charge on any atom is 0.223 e. The van der Waals surface area contributed by atoms with E-state index in [1.165, 1.54) is 12.1 Å². The standard InChI is InChI=1S/C17H26FN3O/c1-17(2,3)19-9-8-16(22)21-12-10-20(11-13-21)15-6-4-14(18)5-7-15/h4-7,19H,8-13H2,1-3H3. The van der Waals surface area contributed by atoms with Crippen LogP contribution in [0.2, 0.25) is 0 Å². The summed E-state index contributed by atoms with van der Waals surface area (Å²) in [7, 11) is 0. The third kappa shape index (κ3) is 4.98. The van der Waals surface area contributed by atoms with Crippen LogP contribution in [-0.4, -0.2) is 49.1 Å². The van der Waals surface area contributed by atoms with E-state index in [0.717, 1.165) is 31.9 Å². The summed E-state index contributed by atoms with van der Waals surface area (Å²) in [6, 6.07) is 6.54. The Morgan fingerprint density at radius 1 is 1.14 bits per heavy atom. The van der Waals surface area contributed by atoms with Crippen molar-refractivity contribution >= 4 is 11.6 Å². The summed E-state index contributed by atoms with van der Waals surface area (Å²) in [4.78, 5) is 16.3. The van der Waals surface area contributed by atoms with Crippen LogP contribution in [0.3, 0.4) is 0 Å². The summed E-state index contributed by atoms with van der Waals surface area (Å²) < 4.78 is 12.9. The number of hydrogen-bond acceptors (Lipinski definition) is 3. The van der Waals surface area contributed by atoms with Crippen LogP contribution in [0.5, 0.6) is 0 Å². The van der Waals surface area contributed by atoms with Crippen molar-refractivity contribution in [2.45, 2.75) is 32.7 Å². The molecule has 1 amide bonds. The molecule has 22 heavy (non-hydrogen) atoms. The lowest BCUT2D eigenvalue weighted by Crippen LogP contribution is -2.49. The molecule has 1 aliphatic rings. The van der Waals surface area contributed by atoms with Gasteiger partial charge in [0.2, 0.25) is 5.91 Å². The first-order chi connectivity index (χ1) is 10.3. The second-order valence-corrected chi connectivity index (χ2v) is 6.77. The van der Waals surface area contributed by atoms with Crippen LogP contribution < -0.4 is 10.2 Å². The molecule has 5 heteroatoms. The molecule has 2 rings (SSSR count). The molecule has 1 aliphatic heterocycles. The molecule has 1 saturated heterocycles. The van der Waals surface area contributed by atoms with E-state index in [1.807, 2.05) is 4.90 Å². The second-order valence-electron chi connectivity index (χ2n) is 6.77. The minimum absolute atomic E-state index is 0.0432. The monoisotopic (exact) mass is 307 g/mol. The highest BCUT2D eigenvalue weighted by Gasteiger charge is 2.21. The topological polar surface area (TPSA) is 35.6 Å². The van der Waals surface area contributed by atoms with Crippen molar-refractivity contribution in [3.63, 3.8) is 0 Å². The first-order valence-corrected chi connectivity index (χ1v) is 7.88. The second kappa shape index (κ2) is 7.09. The van der Waals surface area contributed by atoms with E-state index in [-0.39, 0.29) is 17.3 Å². The zero-order valence-corrected chi connectivity index (χ0v) is 13.7. The molecule has 0 bridgehead atoms. The highest BCUT2D eigenvalue weighted by Crippen LogP contribution is 2.17. The lowest BCUT2D eigenvalue weighted by molar-refractivity contribution is -0.131. The van der Waals surface area contributed by atoms with Gasteiger partial charge in [0.1, 0.15) is 5.82 Å². The van der Waals surface area contributed by atoms with Crippen LogP contribution in [-0.2, 0) is 4.79 Å². The highest BCUT2D eigenvalue weighted by molar-refractivity contribution is 5.76. The number of piperazine rings is 1. The number of nitrogens with zero attached hydrogens (tertiary/aromatic N) is 2. The molecule has 1 aromatic carbocycles. The maximum atomic E-state index is 12.9. The fourth-order valence-corrected chi connectivity index (χ4v) is 2.57. The number of nitrogens with one attached hydrogen (secondary N) is 1. The first-order valence-electron chi connectivity index (χ1n) is 7.88. The van der Waals surface area contributed by atoms with Gasteiger partial charge in [0.25, 0.3) is 0 Å². The van der Waals surface area contributed by atoms with E-state index in [9.17, 15) is 9.18 Å². The summed E-state index contributed by atoms with van der Waals surface area (Å²) in [5, 5.41) is 3.34. The number of hydrogen-bond donors (Lipinski definition) is 1. The van der Waals surface area contributed by atoms with Gasteiger partial charge in [-0.25, -0.2) is 4.39 Å². The van der Waals surface area contributed by atoms with E-state index in [1.54, 1.807) is 12.1 Å². The Morgan fingerprint density at radius 3 is 2.27 bits per heavy atom. The minimum atomic E-state index is -0.219. The van der Waals surface area contributed by atoms with Crippen molar-refractivity contribution in [3.8, 4) is 0 Å². The molecule has 122 valence electrons. The molecular weight excluding hydrogens is 281 g/mol. The van der Waals surface area contributed by atoms with Crippen LogP contribution in [0, 0.1) is 5.82 Å². The van der Waals surface area contributed by atoms with Gasteiger partial charge in [-0.15, -0.1) is 0 Å². The molecule has 4 nitrogen and oxygen atoms in total. The Morgan fingerprint density at radius 2 is 1.73 bits per heavy atom. The van der Waals surface area contributed by atoms with Gasteiger partial charge in [-0.1, -0.05) is 0 Å². The number of halogens is 1. The number of carbonyl (C=O) groups excluding carboxylic acids is 1. The van der Waals surface area contributed by atoms with Crippen LogP contribution in [0.1, 0.15) is 27.2 Å². The molecule has 0 saturated carbocycles. The molecule has 0 radical (unpaired) electrons. The first kappa shape index (κ1) is 16.7. The Bertz CT molecular complexity index is 488. The minimum Gasteiger partial charge on any atom is -0.368 e. The summed E-state index contributed by atoms with van der Waals surface area (Å²) in [5.74, 6) is -0.0144. The zero-order valence-electron chi connectivity index (χ0n) is 13.7. The molecule has 1 aromatic rings. The molecule has 0 spiro atoms. The van der Waals surface area contributed by atoms with Gasteiger partial charge in [0, 0.05) is 50.4 Å². The fourth-order valence-electron chi connectivity index (χ4n) is 2.57. The van der Waals surface area contributed by atoms with Gasteiger partial charge >= 0.3 is 0 Å². The van der Waals surface area contributed by atoms with Crippen LogP contribution in [0.4, 0.5) is 10.1 Å². The van der Waals surface area contributed by atoms with Crippen molar-refractivity contribution in [1.29, 1.82) is 0 Å². The number of rotatable bonds is 4. The lowest BCUT2D eigenvalue weighted by atomic mass is 10.1. The summed E-state index contributed by atoms with van der Waals surface area (Å²) >= 11 is 0. The number of carbonyl (C=O) groups is 1. The van der Waals surface area contributed by atoms with Crippen molar-refractivity contribution in [3.05, 3.63) is 30.1 Å². The number of amides is 1. The van der Waals surface area contributed by atoms with Crippen molar-refractivity contribution in [2.24, 2.45) is 0 Å². The molecule has 1 heterocycles. The number of anilines is 1. The van der Waals surface area contributed by atoms with Crippen LogP contribution in [0.15, 0.2) is 24.3 Å². The van der Waals surface area contributed by atoms with E-state index >= 15 is 0 Å². The average Bonchev–Trinajstić information content (AvgIpc) is 2.47. The predicted octanol–water partition coefficient (Wildman–Crippen LogP) is 2.25. The van der Waals surface area contributed by atoms with Crippen LogP contribution >= 0.6 is 0 Å². The summed E-state index contributed by atoms with van der Waals surface area (Å²) in [5.41, 5.74) is 1.06. The van der Waals surface area contributed by atoms with E-state index in [0.29, 0.717) is 13.0 Å². The quantitative estimate of drug-likeness (QED) is 0.927. The van der Waals surface area contributed by atoms with E-state index in [4.69, 9.17) is 0 Å². The van der Waals surface area contributed by atoms with Crippen molar-refractivity contribution in [1.82, 2.24) is 10.2 Å². The SMILES string of the molecule is CC(C)(C)NCCC(=O)N1CCN(c2ccc(F)cc2)CC1. The Hall–Kier alpha value is -1.62. The fraction of sp³-hybridized carbons (Fsp3) is 0.588. The van der Waals surface area contributed by atoms with E-state index < -0.39 is 0 Å². The van der Waals surface area contributed by atoms with Gasteiger partial charge in [-0.3, -0.25) is 4.79 Å². The normalized spacial score (nSPS) is 16.0.